The number of nitrogens with two attached hydrogens (primary N) is 1. The van der Waals surface area contributed by atoms with Crippen molar-refractivity contribution in [1.29, 1.82) is 0 Å². The summed E-state index contributed by atoms with van der Waals surface area (Å²) < 4.78 is 11.1. The molecule has 0 radical (unpaired) electrons. The molecule has 1 aliphatic rings. The maximum atomic E-state index is 9.78. The van der Waals surface area contributed by atoms with E-state index in [1.165, 1.54) is 0 Å². The van der Waals surface area contributed by atoms with Crippen LogP contribution in [0.4, 0.5) is 0 Å². The van der Waals surface area contributed by atoms with Gasteiger partial charge in [-0.15, -0.1) is 0 Å². The molecular formula is C15H23NO3. The Morgan fingerprint density at radius 3 is 2.68 bits per heavy atom. The Hall–Kier alpha value is -0.940. The van der Waals surface area contributed by atoms with Gasteiger partial charge in [0.15, 0.2) is 0 Å². The smallest absolute Gasteiger partial charge is 0.101 e. The van der Waals surface area contributed by atoms with Crippen molar-refractivity contribution in [3.63, 3.8) is 0 Å². The molecule has 1 aliphatic carbocycles. The topological polar surface area (TPSA) is 64.7 Å². The fourth-order valence-electron chi connectivity index (χ4n) is 2.33. The summed E-state index contributed by atoms with van der Waals surface area (Å²) in [4.78, 5) is 0. The Morgan fingerprint density at radius 2 is 2.00 bits per heavy atom. The van der Waals surface area contributed by atoms with Crippen molar-refractivity contribution in [3.05, 3.63) is 35.9 Å². The van der Waals surface area contributed by atoms with Gasteiger partial charge >= 0.3 is 0 Å². The molecule has 0 amide bonds. The van der Waals surface area contributed by atoms with E-state index >= 15 is 0 Å². The fraction of sp³-hybridized carbons (Fsp3) is 0.600. The highest BCUT2D eigenvalue weighted by atomic mass is 16.5. The van der Waals surface area contributed by atoms with Crippen LogP contribution in [0.2, 0.25) is 0 Å². The molecule has 3 unspecified atom stereocenters. The zero-order chi connectivity index (χ0) is 13.5. The third-order valence-electron chi connectivity index (χ3n) is 3.43. The van der Waals surface area contributed by atoms with Gasteiger partial charge in [0.1, 0.15) is 6.10 Å². The summed E-state index contributed by atoms with van der Waals surface area (Å²) in [5, 5.41) is 9.78. The van der Waals surface area contributed by atoms with E-state index < -0.39 is 6.10 Å². The van der Waals surface area contributed by atoms with E-state index in [0.29, 0.717) is 13.2 Å². The Balaban J connectivity index is 1.58. The van der Waals surface area contributed by atoms with Gasteiger partial charge in [0.05, 0.1) is 25.9 Å². The molecule has 4 nitrogen and oxygen atoms in total. The lowest BCUT2D eigenvalue weighted by atomic mass is 10.2. The van der Waals surface area contributed by atoms with Crippen molar-refractivity contribution < 1.29 is 14.6 Å². The van der Waals surface area contributed by atoms with Crippen LogP contribution < -0.4 is 5.73 Å². The molecule has 1 aromatic rings. The number of rotatable bonds is 7. The Labute approximate surface area is 114 Å². The van der Waals surface area contributed by atoms with Crippen LogP contribution in [-0.2, 0) is 16.1 Å². The molecule has 19 heavy (non-hydrogen) atoms. The molecule has 0 aromatic heterocycles. The maximum absolute atomic E-state index is 9.78. The first-order valence-electron chi connectivity index (χ1n) is 6.92. The zero-order valence-electron chi connectivity index (χ0n) is 11.2. The Kier molecular flexibility index (Phi) is 5.79. The van der Waals surface area contributed by atoms with Gasteiger partial charge in [-0.1, -0.05) is 30.3 Å². The lowest BCUT2D eigenvalue weighted by Crippen LogP contribution is -2.34. The average Bonchev–Trinajstić information content (AvgIpc) is 2.83. The number of ether oxygens (including phenoxy) is 2. The molecule has 0 spiro atoms. The molecule has 4 heteroatoms. The second-order valence-corrected chi connectivity index (χ2v) is 5.12. The van der Waals surface area contributed by atoms with E-state index in [4.69, 9.17) is 15.2 Å². The first kappa shape index (κ1) is 14.5. The van der Waals surface area contributed by atoms with Crippen molar-refractivity contribution in [3.8, 4) is 0 Å². The number of aliphatic hydroxyl groups is 1. The molecule has 0 heterocycles. The molecule has 106 valence electrons. The molecule has 0 aliphatic heterocycles. The molecule has 3 atom stereocenters. The monoisotopic (exact) mass is 265 g/mol. The minimum absolute atomic E-state index is 0.101. The van der Waals surface area contributed by atoms with Crippen LogP contribution in [-0.4, -0.2) is 36.6 Å². The van der Waals surface area contributed by atoms with Crippen LogP contribution in [0.5, 0.6) is 0 Å². The predicted molar refractivity (Wildman–Crippen MR) is 73.7 cm³/mol. The highest BCUT2D eigenvalue weighted by Gasteiger charge is 2.25. The second-order valence-electron chi connectivity index (χ2n) is 5.12. The van der Waals surface area contributed by atoms with E-state index in [-0.39, 0.29) is 18.8 Å². The third kappa shape index (κ3) is 4.91. The molecule has 1 fully saturated rings. The van der Waals surface area contributed by atoms with Crippen molar-refractivity contribution in [2.75, 3.05) is 13.2 Å². The molecule has 0 saturated heterocycles. The fourth-order valence-corrected chi connectivity index (χ4v) is 2.33. The standard InChI is InChI=1S/C15H23NO3/c16-14-7-4-8-15(14)19-11-13(17)10-18-9-12-5-2-1-3-6-12/h1-3,5-6,13-15,17H,4,7-11,16H2. The summed E-state index contributed by atoms with van der Waals surface area (Å²) in [6, 6.07) is 10.0. The minimum atomic E-state index is -0.587. The molecular weight excluding hydrogens is 242 g/mol. The summed E-state index contributed by atoms with van der Waals surface area (Å²) in [5.41, 5.74) is 7.01. The van der Waals surface area contributed by atoms with Crippen molar-refractivity contribution in [1.82, 2.24) is 0 Å². The summed E-state index contributed by atoms with van der Waals surface area (Å²) in [5.74, 6) is 0. The van der Waals surface area contributed by atoms with Gasteiger partial charge in [-0.2, -0.15) is 0 Å². The van der Waals surface area contributed by atoms with Crippen molar-refractivity contribution in [2.45, 2.75) is 44.1 Å². The first-order valence-corrected chi connectivity index (χ1v) is 6.92. The second kappa shape index (κ2) is 7.60. The van der Waals surface area contributed by atoms with Gasteiger partial charge in [0.25, 0.3) is 0 Å². The van der Waals surface area contributed by atoms with E-state index in [0.717, 1.165) is 24.8 Å². The van der Waals surface area contributed by atoms with E-state index in [1.807, 2.05) is 30.3 Å². The lowest BCUT2D eigenvalue weighted by Gasteiger charge is -2.19. The minimum Gasteiger partial charge on any atom is -0.388 e. The molecule has 2 rings (SSSR count). The number of aliphatic hydroxyl groups excluding tert-OH is 1. The molecule has 0 bridgehead atoms. The summed E-state index contributed by atoms with van der Waals surface area (Å²) in [6.45, 7) is 1.10. The summed E-state index contributed by atoms with van der Waals surface area (Å²) in [6.07, 6.45) is 2.65. The highest BCUT2D eigenvalue weighted by Crippen LogP contribution is 2.20. The molecule has 3 N–H and O–H groups in total. The van der Waals surface area contributed by atoms with Gasteiger partial charge in [-0.25, -0.2) is 0 Å². The van der Waals surface area contributed by atoms with Crippen molar-refractivity contribution >= 4 is 0 Å². The predicted octanol–water partition coefficient (Wildman–Crippen LogP) is 1.46. The van der Waals surface area contributed by atoms with Crippen LogP contribution in [0, 0.1) is 0 Å². The molecule has 1 aromatic carbocycles. The van der Waals surface area contributed by atoms with Gasteiger partial charge < -0.3 is 20.3 Å². The van der Waals surface area contributed by atoms with Crippen LogP contribution in [0.15, 0.2) is 30.3 Å². The SMILES string of the molecule is NC1CCCC1OCC(O)COCc1ccccc1. The number of hydrogen-bond donors (Lipinski definition) is 2. The van der Waals surface area contributed by atoms with E-state index in [9.17, 15) is 5.11 Å². The van der Waals surface area contributed by atoms with Crippen LogP contribution in [0.1, 0.15) is 24.8 Å². The first-order chi connectivity index (χ1) is 9.25. The summed E-state index contributed by atoms with van der Waals surface area (Å²) in [7, 11) is 0. The van der Waals surface area contributed by atoms with Crippen LogP contribution in [0.25, 0.3) is 0 Å². The lowest BCUT2D eigenvalue weighted by molar-refractivity contribution is -0.0488. The van der Waals surface area contributed by atoms with E-state index in [1.54, 1.807) is 0 Å². The summed E-state index contributed by atoms with van der Waals surface area (Å²) >= 11 is 0. The average molecular weight is 265 g/mol. The Morgan fingerprint density at radius 1 is 1.21 bits per heavy atom. The highest BCUT2D eigenvalue weighted by molar-refractivity contribution is 5.13. The maximum Gasteiger partial charge on any atom is 0.101 e. The normalized spacial score (nSPS) is 24.5. The van der Waals surface area contributed by atoms with Crippen LogP contribution >= 0.6 is 0 Å². The van der Waals surface area contributed by atoms with Crippen molar-refractivity contribution in [2.24, 2.45) is 5.73 Å². The number of benzene rings is 1. The van der Waals surface area contributed by atoms with Gasteiger partial charge in [0, 0.05) is 6.04 Å². The largest absolute Gasteiger partial charge is 0.388 e. The van der Waals surface area contributed by atoms with Gasteiger partial charge in [-0.3, -0.25) is 0 Å². The zero-order valence-corrected chi connectivity index (χ0v) is 11.2. The quantitative estimate of drug-likeness (QED) is 0.783. The van der Waals surface area contributed by atoms with E-state index in [2.05, 4.69) is 0 Å². The van der Waals surface area contributed by atoms with Crippen LogP contribution in [0.3, 0.4) is 0 Å². The third-order valence-corrected chi connectivity index (χ3v) is 3.43. The van der Waals surface area contributed by atoms with Gasteiger partial charge in [-0.05, 0) is 24.8 Å². The molecule has 1 saturated carbocycles. The Bertz CT molecular complexity index is 358. The van der Waals surface area contributed by atoms with Gasteiger partial charge in [0.2, 0.25) is 0 Å². The number of hydrogen-bond acceptors (Lipinski definition) is 4.